The molecule has 0 fully saturated rings. The van der Waals surface area contributed by atoms with Crippen molar-refractivity contribution in [3.63, 3.8) is 0 Å². The maximum atomic E-state index is 9.01. The number of thiazole rings is 1. The minimum Gasteiger partial charge on any atom is -0.393 e. The monoisotopic (exact) mass is 264 g/mol. The van der Waals surface area contributed by atoms with Gasteiger partial charge in [0.05, 0.1) is 6.10 Å². The van der Waals surface area contributed by atoms with Crippen molar-refractivity contribution in [2.75, 3.05) is 11.9 Å². The standard InChI is InChI=1S/C8H13BrN2OS/c1-6(12)3-2-4-10-8-11-7(9)5-13-8/h5-6,12H,2-4H2,1H3,(H,10,11). The molecule has 0 aliphatic carbocycles. The van der Waals surface area contributed by atoms with Gasteiger partial charge in [-0.25, -0.2) is 4.98 Å². The Morgan fingerprint density at radius 2 is 2.54 bits per heavy atom. The second kappa shape index (κ2) is 5.57. The molecule has 1 aromatic rings. The van der Waals surface area contributed by atoms with E-state index in [-0.39, 0.29) is 6.10 Å². The van der Waals surface area contributed by atoms with Gasteiger partial charge >= 0.3 is 0 Å². The Morgan fingerprint density at radius 1 is 1.77 bits per heavy atom. The van der Waals surface area contributed by atoms with Gasteiger partial charge in [0.15, 0.2) is 5.13 Å². The highest BCUT2D eigenvalue weighted by molar-refractivity contribution is 9.10. The summed E-state index contributed by atoms with van der Waals surface area (Å²) in [5.74, 6) is 0. The normalized spacial score (nSPS) is 12.8. The van der Waals surface area contributed by atoms with Gasteiger partial charge in [-0.3, -0.25) is 0 Å². The molecule has 74 valence electrons. The van der Waals surface area contributed by atoms with E-state index in [9.17, 15) is 0 Å². The molecule has 3 nitrogen and oxygen atoms in total. The number of hydrogen-bond acceptors (Lipinski definition) is 4. The quantitative estimate of drug-likeness (QED) is 0.804. The van der Waals surface area contributed by atoms with E-state index >= 15 is 0 Å². The Labute approximate surface area is 90.3 Å². The van der Waals surface area contributed by atoms with E-state index in [1.807, 2.05) is 5.38 Å². The van der Waals surface area contributed by atoms with E-state index < -0.39 is 0 Å². The van der Waals surface area contributed by atoms with E-state index in [2.05, 4.69) is 26.2 Å². The van der Waals surface area contributed by atoms with Crippen molar-refractivity contribution in [3.05, 3.63) is 9.98 Å². The molecular weight excluding hydrogens is 252 g/mol. The molecule has 1 heterocycles. The molecule has 0 saturated heterocycles. The van der Waals surface area contributed by atoms with E-state index in [4.69, 9.17) is 5.11 Å². The number of rotatable bonds is 5. The fourth-order valence-electron chi connectivity index (χ4n) is 0.928. The predicted molar refractivity (Wildman–Crippen MR) is 59.2 cm³/mol. The van der Waals surface area contributed by atoms with Gasteiger partial charge in [0.1, 0.15) is 4.60 Å². The highest BCUT2D eigenvalue weighted by atomic mass is 79.9. The minimum absolute atomic E-state index is 0.204. The molecule has 0 amide bonds. The number of anilines is 1. The molecule has 0 aliphatic rings. The third kappa shape index (κ3) is 4.59. The molecule has 1 aromatic heterocycles. The van der Waals surface area contributed by atoms with Crippen LogP contribution in [-0.4, -0.2) is 22.7 Å². The second-order valence-corrected chi connectivity index (χ2v) is 4.56. The summed E-state index contributed by atoms with van der Waals surface area (Å²) < 4.78 is 0.871. The van der Waals surface area contributed by atoms with Gasteiger partial charge in [0.25, 0.3) is 0 Å². The zero-order valence-electron chi connectivity index (χ0n) is 7.46. The first-order valence-corrected chi connectivity index (χ1v) is 5.88. The van der Waals surface area contributed by atoms with Crippen LogP contribution in [0.4, 0.5) is 5.13 Å². The van der Waals surface area contributed by atoms with Crippen LogP contribution >= 0.6 is 27.3 Å². The lowest BCUT2D eigenvalue weighted by molar-refractivity contribution is 0.183. The first kappa shape index (κ1) is 10.9. The Hall–Kier alpha value is -0.130. The van der Waals surface area contributed by atoms with Crippen LogP contribution in [0.3, 0.4) is 0 Å². The van der Waals surface area contributed by atoms with Crippen molar-refractivity contribution in [2.24, 2.45) is 0 Å². The van der Waals surface area contributed by atoms with Crippen LogP contribution in [0.5, 0.6) is 0 Å². The molecule has 2 N–H and O–H groups in total. The van der Waals surface area contributed by atoms with Gasteiger partial charge in [-0.05, 0) is 35.7 Å². The van der Waals surface area contributed by atoms with Crippen molar-refractivity contribution in [3.8, 4) is 0 Å². The van der Waals surface area contributed by atoms with Crippen LogP contribution < -0.4 is 5.32 Å². The van der Waals surface area contributed by atoms with Crippen molar-refractivity contribution >= 4 is 32.4 Å². The highest BCUT2D eigenvalue weighted by Crippen LogP contribution is 2.19. The van der Waals surface area contributed by atoms with E-state index in [0.29, 0.717) is 0 Å². The summed E-state index contributed by atoms with van der Waals surface area (Å²) in [6, 6.07) is 0. The molecule has 13 heavy (non-hydrogen) atoms. The van der Waals surface area contributed by atoms with E-state index in [1.54, 1.807) is 18.3 Å². The summed E-state index contributed by atoms with van der Waals surface area (Å²) in [6.45, 7) is 2.67. The summed E-state index contributed by atoms with van der Waals surface area (Å²) in [5.41, 5.74) is 0. The van der Waals surface area contributed by atoms with Gasteiger partial charge in [0, 0.05) is 11.9 Å². The smallest absolute Gasteiger partial charge is 0.183 e. The average molecular weight is 265 g/mol. The predicted octanol–water partition coefficient (Wildman–Crippen LogP) is 2.48. The summed E-state index contributed by atoms with van der Waals surface area (Å²) in [4.78, 5) is 4.19. The third-order valence-electron chi connectivity index (χ3n) is 1.55. The molecule has 1 rings (SSSR count). The van der Waals surface area contributed by atoms with Gasteiger partial charge < -0.3 is 10.4 Å². The molecule has 0 bridgehead atoms. The lowest BCUT2D eigenvalue weighted by Crippen LogP contribution is -2.06. The largest absolute Gasteiger partial charge is 0.393 e. The Kier molecular flexibility index (Phi) is 4.69. The number of aliphatic hydroxyl groups excluding tert-OH is 1. The number of hydrogen-bond donors (Lipinski definition) is 2. The Bertz CT molecular complexity index is 252. The molecule has 0 saturated carbocycles. The van der Waals surface area contributed by atoms with Gasteiger partial charge in [-0.15, -0.1) is 11.3 Å². The van der Waals surface area contributed by atoms with E-state index in [1.165, 1.54) is 0 Å². The number of aliphatic hydroxyl groups is 1. The molecular formula is C8H13BrN2OS. The van der Waals surface area contributed by atoms with Crippen LogP contribution in [0.25, 0.3) is 0 Å². The molecule has 0 radical (unpaired) electrons. The van der Waals surface area contributed by atoms with Crippen molar-refractivity contribution in [1.82, 2.24) is 4.98 Å². The topological polar surface area (TPSA) is 45.1 Å². The lowest BCUT2D eigenvalue weighted by Gasteiger charge is -2.04. The highest BCUT2D eigenvalue weighted by Gasteiger charge is 1.98. The van der Waals surface area contributed by atoms with Gasteiger partial charge in [0.2, 0.25) is 0 Å². The lowest BCUT2D eigenvalue weighted by atomic mass is 10.2. The molecule has 1 atom stereocenters. The minimum atomic E-state index is -0.204. The average Bonchev–Trinajstić information content (AvgIpc) is 2.45. The van der Waals surface area contributed by atoms with E-state index in [0.717, 1.165) is 29.1 Å². The molecule has 0 aromatic carbocycles. The Balaban J connectivity index is 2.13. The first-order valence-electron chi connectivity index (χ1n) is 4.21. The van der Waals surface area contributed by atoms with Gasteiger partial charge in [-0.2, -0.15) is 0 Å². The molecule has 5 heteroatoms. The fraction of sp³-hybridized carbons (Fsp3) is 0.625. The van der Waals surface area contributed by atoms with Crippen LogP contribution in [0.1, 0.15) is 19.8 Å². The second-order valence-electron chi connectivity index (χ2n) is 2.89. The SMILES string of the molecule is CC(O)CCCNc1nc(Br)cs1. The number of aromatic nitrogens is 1. The molecule has 0 spiro atoms. The molecule has 1 unspecified atom stereocenters. The van der Waals surface area contributed by atoms with Crippen molar-refractivity contribution in [1.29, 1.82) is 0 Å². The number of halogens is 1. The molecule has 0 aliphatic heterocycles. The van der Waals surface area contributed by atoms with Crippen LogP contribution in [0, 0.1) is 0 Å². The summed E-state index contributed by atoms with van der Waals surface area (Å²) in [6.07, 6.45) is 1.60. The Morgan fingerprint density at radius 3 is 3.08 bits per heavy atom. The summed E-state index contributed by atoms with van der Waals surface area (Å²) in [7, 11) is 0. The van der Waals surface area contributed by atoms with Crippen LogP contribution in [-0.2, 0) is 0 Å². The number of nitrogens with zero attached hydrogens (tertiary/aromatic N) is 1. The third-order valence-corrected chi connectivity index (χ3v) is 3.06. The van der Waals surface area contributed by atoms with Crippen molar-refractivity contribution < 1.29 is 5.11 Å². The maximum Gasteiger partial charge on any atom is 0.183 e. The van der Waals surface area contributed by atoms with Crippen LogP contribution in [0.15, 0.2) is 9.98 Å². The summed E-state index contributed by atoms with van der Waals surface area (Å²) >= 11 is 4.86. The zero-order valence-corrected chi connectivity index (χ0v) is 9.86. The van der Waals surface area contributed by atoms with Crippen LogP contribution in [0.2, 0.25) is 0 Å². The summed E-state index contributed by atoms with van der Waals surface area (Å²) in [5, 5.41) is 15.1. The van der Waals surface area contributed by atoms with Gasteiger partial charge in [-0.1, -0.05) is 0 Å². The zero-order chi connectivity index (χ0) is 9.68. The maximum absolute atomic E-state index is 9.01. The number of nitrogens with one attached hydrogen (secondary N) is 1. The van der Waals surface area contributed by atoms with Crippen molar-refractivity contribution in [2.45, 2.75) is 25.9 Å². The fourth-order valence-corrected chi connectivity index (χ4v) is 2.10. The first-order chi connectivity index (χ1) is 6.18.